The summed E-state index contributed by atoms with van der Waals surface area (Å²) in [5.74, 6) is -0.426. The minimum absolute atomic E-state index is 0.426. The number of esters is 1. The minimum atomic E-state index is -1.11. The Morgan fingerprint density at radius 1 is 1.05 bits per heavy atom. The van der Waals surface area contributed by atoms with E-state index in [-0.39, 0.29) is 0 Å². The Morgan fingerprint density at radius 2 is 1.52 bits per heavy atom. The maximum absolute atomic E-state index is 11.4. The molecule has 1 aliphatic rings. The van der Waals surface area contributed by atoms with Crippen LogP contribution in [0.1, 0.15) is 24.5 Å². The average Bonchev–Trinajstić information content (AvgIpc) is 3.18. The Balaban J connectivity index is 2.16. The van der Waals surface area contributed by atoms with Crippen molar-refractivity contribution in [3.8, 4) is 6.07 Å². The first-order valence-electron chi connectivity index (χ1n) is 6.86. The van der Waals surface area contributed by atoms with Gasteiger partial charge >= 0.3 is 5.97 Å². The number of ether oxygens (including phenoxy) is 1. The van der Waals surface area contributed by atoms with Gasteiger partial charge in [0.2, 0.25) is 5.60 Å². The van der Waals surface area contributed by atoms with Crippen molar-refractivity contribution in [1.82, 2.24) is 0 Å². The average molecular weight is 277 g/mol. The zero-order valence-corrected chi connectivity index (χ0v) is 11.7. The van der Waals surface area contributed by atoms with E-state index in [1.807, 2.05) is 60.7 Å². The van der Waals surface area contributed by atoms with Crippen LogP contribution in [0.4, 0.5) is 0 Å². The summed E-state index contributed by atoms with van der Waals surface area (Å²) in [6.07, 6.45) is 0.490. The largest absolute Gasteiger partial charge is 0.442 e. The van der Waals surface area contributed by atoms with Gasteiger partial charge in [0, 0.05) is 13.3 Å². The Kier molecular flexibility index (Phi) is 3.03. The molecule has 1 saturated carbocycles. The Morgan fingerprint density at radius 3 is 1.90 bits per heavy atom. The lowest BCUT2D eigenvalue weighted by Crippen LogP contribution is -2.28. The molecule has 2 aromatic rings. The molecule has 0 amide bonds. The van der Waals surface area contributed by atoms with Crippen LogP contribution < -0.4 is 0 Å². The van der Waals surface area contributed by atoms with Crippen molar-refractivity contribution in [3.05, 3.63) is 71.8 Å². The summed E-state index contributed by atoms with van der Waals surface area (Å²) in [4.78, 5) is 11.4. The smallest absolute Gasteiger partial charge is 0.304 e. The monoisotopic (exact) mass is 277 g/mol. The van der Waals surface area contributed by atoms with Crippen LogP contribution in [0.2, 0.25) is 0 Å². The van der Waals surface area contributed by atoms with Crippen molar-refractivity contribution >= 4 is 5.97 Å². The molecule has 1 fully saturated rings. The lowest BCUT2D eigenvalue weighted by molar-refractivity contribution is -0.146. The first-order valence-corrected chi connectivity index (χ1v) is 6.86. The van der Waals surface area contributed by atoms with Gasteiger partial charge in [0.05, 0.1) is 5.41 Å². The molecule has 0 heterocycles. The van der Waals surface area contributed by atoms with E-state index >= 15 is 0 Å². The topological polar surface area (TPSA) is 50.1 Å². The van der Waals surface area contributed by atoms with Gasteiger partial charge in [0.1, 0.15) is 6.07 Å². The lowest BCUT2D eigenvalue weighted by atomic mass is 9.85. The summed E-state index contributed by atoms with van der Waals surface area (Å²) in [5, 5.41) is 9.64. The first-order chi connectivity index (χ1) is 10.1. The van der Waals surface area contributed by atoms with Crippen LogP contribution in [0.25, 0.3) is 0 Å². The van der Waals surface area contributed by atoms with E-state index in [1.54, 1.807) is 0 Å². The van der Waals surface area contributed by atoms with Gasteiger partial charge in [-0.1, -0.05) is 60.7 Å². The molecule has 3 nitrogen and oxygen atoms in total. The van der Waals surface area contributed by atoms with E-state index in [4.69, 9.17) is 4.74 Å². The molecule has 1 atom stereocenters. The van der Waals surface area contributed by atoms with E-state index in [9.17, 15) is 10.1 Å². The zero-order valence-electron chi connectivity index (χ0n) is 11.7. The van der Waals surface area contributed by atoms with Crippen molar-refractivity contribution in [3.63, 3.8) is 0 Å². The summed E-state index contributed by atoms with van der Waals surface area (Å²) in [7, 11) is 0. The quantitative estimate of drug-likeness (QED) is 0.809. The highest BCUT2D eigenvalue weighted by atomic mass is 16.6. The molecule has 0 bridgehead atoms. The van der Waals surface area contributed by atoms with Crippen molar-refractivity contribution in [2.45, 2.75) is 24.4 Å². The van der Waals surface area contributed by atoms with Crippen molar-refractivity contribution < 1.29 is 9.53 Å². The fourth-order valence-electron chi connectivity index (χ4n) is 3.14. The van der Waals surface area contributed by atoms with Gasteiger partial charge < -0.3 is 4.74 Å². The Labute approximate surface area is 123 Å². The summed E-state index contributed by atoms with van der Waals surface area (Å²) in [6, 6.07) is 21.8. The Bertz CT molecular complexity index is 664. The molecule has 0 aromatic heterocycles. The second-order valence-corrected chi connectivity index (χ2v) is 5.35. The minimum Gasteiger partial charge on any atom is -0.442 e. The molecule has 3 heteroatoms. The highest BCUT2D eigenvalue weighted by Crippen LogP contribution is 2.63. The molecule has 0 spiro atoms. The summed E-state index contributed by atoms with van der Waals surface area (Å²) in [5.41, 5.74) is 0.315. The highest BCUT2D eigenvalue weighted by Gasteiger charge is 2.73. The molecular formula is C18H15NO2. The van der Waals surface area contributed by atoms with Crippen LogP contribution >= 0.6 is 0 Å². The van der Waals surface area contributed by atoms with Crippen molar-refractivity contribution in [1.29, 1.82) is 5.26 Å². The molecule has 0 aliphatic heterocycles. The molecule has 0 N–H and O–H groups in total. The van der Waals surface area contributed by atoms with Gasteiger partial charge in [-0.15, -0.1) is 0 Å². The SMILES string of the molecule is CC(=O)OC1(C#N)CC1(c1ccccc1)c1ccccc1. The predicted octanol–water partition coefficient (Wildman–Crippen LogP) is 3.20. The third-order valence-corrected chi connectivity index (χ3v) is 4.11. The molecule has 1 aliphatic carbocycles. The van der Waals surface area contributed by atoms with Gasteiger partial charge in [0.25, 0.3) is 0 Å². The van der Waals surface area contributed by atoms with Crippen LogP contribution in [0.5, 0.6) is 0 Å². The van der Waals surface area contributed by atoms with Gasteiger partial charge in [-0.3, -0.25) is 4.79 Å². The molecule has 0 saturated heterocycles. The second-order valence-electron chi connectivity index (χ2n) is 5.35. The number of nitriles is 1. The van der Waals surface area contributed by atoms with Crippen molar-refractivity contribution in [2.24, 2.45) is 0 Å². The predicted molar refractivity (Wildman–Crippen MR) is 78.4 cm³/mol. The normalized spacial score (nSPS) is 22.1. The molecule has 21 heavy (non-hydrogen) atoms. The third-order valence-electron chi connectivity index (χ3n) is 4.11. The maximum atomic E-state index is 11.4. The Hall–Kier alpha value is -2.60. The van der Waals surface area contributed by atoms with Crippen LogP contribution in [0.3, 0.4) is 0 Å². The summed E-state index contributed by atoms with van der Waals surface area (Å²) in [6.45, 7) is 1.35. The number of carbonyl (C=O) groups excluding carboxylic acids is 1. The number of rotatable bonds is 3. The molecule has 104 valence electrons. The fraction of sp³-hybridized carbons (Fsp3) is 0.222. The number of hydrogen-bond acceptors (Lipinski definition) is 3. The van der Waals surface area contributed by atoms with Crippen LogP contribution in [-0.2, 0) is 14.9 Å². The summed E-state index contributed by atoms with van der Waals surface area (Å²) < 4.78 is 5.42. The van der Waals surface area contributed by atoms with Gasteiger partial charge in [-0.05, 0) is 11.1 Å². The fourth-order valence-corrected chi connectivity index (χ4v) is 3.14. The standard InChI is InChI=1S/C18H15NO2/c1-14(20)21-17(13-19)12-18(17,15-8-4-2-5-9-15)16-10-6-3-7-11-16/h2-11H,12H2,1H3. The van der Waals surface area contributed by atoms with E-state index in [1.165, 1.54) is 6.92 Å². The maximum Gasteiger partial charge on any atom is 0.304 e. The van der Waals surface area contributed by atoms with E-state index in [2.05, 4.69) is 6.07 Å². The summed E-state index contributed by atoms with van der Waals surface area (Å²) >= 11 is 0. The molecule has 1 unspecified atom stereocenters. The van der Waals surface area contributed by atoms with Gasteiger partial charge in [-0.2, -0.15) is 5.26 Å². The number of carbonyl (C=O) groups is 1. The van der Waals surface area contributed by atoms with E-state index in [0.717, 1.165) is 11.1 Å². The molecule has 3 rings (SSSR count). The number of nitrogens with zero attached hydrogens (tertiary/aromatic N) is 1. The molecular weight excluding hydrogens is 262 g/mol. The highest BCUT2D eigenvalue weighted by molar-refractivity contribution is 5.70. The first kappa shape index (κ1) is 13.4. The van der Waals surface area contributed by atoms with Gasteiger partial charge in [-0.25, -0.2) is 0 Å². The van der Waals surface area contributed by atoms with E-state index < -0.39 is 17.0 Å². The second kappa shape index (κ2) is 4.75. The van der Waals surface area contributed by atoms with Crippen LogP contribution in [0, 0.1) is 11.3 Å². The third kappa shape index (κ3) is 1.92. The molecule has 2 aromatic carbocycles. The van der Waals surface area contributed by atoms with Crippen LogP contribution in [-0.4, -0.2) is 11.6 Å². The van der Waals surface area contributed by atoms with E-state index in [0.29, 0.717) is 6.42 Å². The lowest BCUT2D eigenvalue weighted by Gasteiger charge is -2.22. The van der Waals surface area contributed by atoms with Gasteiger partial charge in [0.15, 0.2) is 0 Å². The zero-order chi connectivity index (χ0) is 14.9. The molecule has 0 radical (unpaired) electrons. The van der Waals surface area contributed by atoms with Crippen molar-refractivity contribution in [2.75, 3.05) is 0 Å². The van der Waals surface area contributed by atoms with Crippen LogP contribution in [0.15, 0.2) is 60.7 Å². The number of hydrogen-bond donors (Lipinski definition) is 0. The number of benzene rings is 2.